The Morgan fingerprint density at radius 3 is 2.76 bits per heavy atom. The number of rotatable bonds is 2. The highest BCUT2D eigenvalue weighted by atomic mass is 35.5. The van der Waals surface area contributed by atoms with Crippen molar-refractivity contribution in [3.63, 3.8) is 0 Å². The SMILES string of the molecule is CC1CC(Nc2cc(Cl)c(Cl)cc2N)CCO1. The first kappa shape index (κ1) is 12.8. The van der Waals surface area contributed by atoms with Gasteiger partial charge in [0.15, 0.2) is 0 Å². The molecule has 94 valence electrons. The van der Waals surface area contributed by atoms with Gasteiger partial charge in [-0.2, -0.15) is 0 Å². The molecule has 1 heterocycles. The summed E-state index contributed by atoms with van der Waals surface area (Å²) in [5.74, 6) is 0. The summed E-state index contributed by atoms with van der Waals surface area (Å²) < 4.78 is 5.50. The molecule has 3 nitrogen and oxygen atoms in total. The molecule has 0 amide bonds. The molecule has 1 aromatic carbocycles. The van der Waals surface area contributed by atoms with E-state index in [1.54, 1.807) is 12.1 Å². The Morgan fingerprint density at radius 2 is 2.06 bits per heavy atom. The Labute approximate surface area is 111 Å². The molecule has 0 aromatic heterocycles. The van der Waals surface area contributed by atoms with E-state index in [2.05, 4.69) is 12.2 Å². The van der Waals surface area contributed by atoms with E-state index in [-0.39, 0.29) is 6.10 Å². The van der Waals surface area contributed by atoms with E-state index in [1.807, 2.05) is 0 Å². The largest absolute Gasteiger partial charge is 0.397 e. The molecule has 1 aliphatic rings. The molecule has 0 spiro atoms. The summed E-state index contributed by atoms with van der Waals surface area (Å²) in [5.41, 5.74) is 7.37. The van der Waals surface area contributed by atoms with Gasteiger partial charge in [0.05, 0.1) is 27.5 Å². The molecule has 2 atom stereocenters. The third-order valence-electron chi connectivity index (χ3n) is 2.94. The first-order valence-electron chi connectivity index (χ1n) is 5.69. The number of halogens is 2. The van der Waals surface area contributed by atoms with Crippen molar-refractivity contribution in [3.05, 3.63) is 22.2 Å². The topological polar surface area (TPSA) is 47.3 Å². The molecule has 2 rings (SSSR count). The first-order chi connectivity index (χ1) is 8.06. The minimum atomic E-state index is 0.283. The highest BCUT2D eigenvalue weighted by molar-refractivity contribution is 6.42. The van der Waals surface area contributed by atoms with Crippen molar-refractivity contribution < 1.29 is 4.74 Å². The Morgan fingerprint density at radius 1 is 1.35 bits per heavy atom. The minimum Gasteiger partial charge on any atom is -0.397 e. The third-order valence-corrected chi connectivity index (χ3v) is 3.66. The van der Waals surface area contributed by atoms with Crippen LogP contribution in [-0.4, -0.2) is 18.8 Å². The molecule has 0 radical (unpaired) electrons. The van der Waals surface area contributed by atoms with E-state index < -0.39 is 0 Å². The molecule has 2 unspecified atom stereocenters. The van der Waals surface area contributed by atoms with Crippen LogP contribution >= 0.6 is 23.2 Å². The summed E-state index contributed by atoms with van der Waals surface area (Å²) in [6.07, 6.45) is 2.23. The van der Waals surface area contributed by atoms with Crippen molar-refractivity contribution >= 4 is 34.6 Å². The van der Waals surface area contributed by atoms with Gasteiger partial charge in [-0.1, -0.05) is 23.2 Å². The van der Waals surface area contributed by atoms with Gasteiger partial charge in [-0.3, -0.25) is 0 Å². The second-order valence-corrected chi connectivity index (χ2v) is 5.22. The van der Waals surface area contributed by atoms with Crippen LogP contribution in [0.1, 0.15) is 19.8 Å². The highest BCUT2D eigenvalue weighted by Crippen LogP contribution is 2.32. The van der Waals surface area contributed by atoms with Crippen LogP contribution in [0.25, 0.3) is 0 Å². The van der Waals surface area contributed by atoms with Gasteiger partial charge in [-0.15, -0.1) is 0 Å². The zero-order chi connectivity index (χ0) is 12.4. The van der Waals surface area contributed by atoms with Crippen molar-refractivity contribution in [2.45, 2.75) is 31.9 Å². The van der Waals surface area contributed by atoms with Crippen LogP contribution in [0.4, 0.5) is 11.4 Å². The summed E-state index contributed by atoms with van der Waals surface area (Å²) in [4.78, 5) is 0. The van der Waals surface area contributed by atoms with E-state index in [4.69, 9.17) is 33.7 Å². The Bertz CT molecular complexity index is 412. The molecule has 17 heavy (non-hydrogen) atoms. The van der Waals surface area contributed by atoms with Gasteiger partial charge in [0.25, 0.3) is 0 Å². The Hall–Kier alpha value is -0.640. The molecule has 1 aromatic rings. The monoisotopic (exact) mass is 274 g/mol. The van der Waals surface area contributed by atoms with Crippen molar-refractivity contribution in [1.82, 2.24) is 0 Å². The zero-order valence-corrected chi connectivity index (χ0v) is 11.2. The normalized spacial score (nSPS) is 24.6. The smallest absolute Gasteiger partial charge is 0.0614 e. The summed E-state index contributed by atoms with van der Waals surface area (Å²) >= 11 is 11.9. The number of ether oxygens (including phenoxy) is 1. The van der Waals surface area contributed by atoms with E-state index in [0.29, 0.717) is 21.8 Å². The summed E-state index contributed by atoms with van der Waals surface area (Å²) in [6, 6.07) is 3.83. The molecule has 3 N–H and O–H groups in total. The van der Waals surface area contributed by atoms with Gasteiger partial charge < -0.3 is 15.8 Å². The van der Waals surface area contributed by atoms with E-state index >= 15 is 0 Å². The highest BCUT2D eigenvalue weighted by Gasteiger charge is 2.20. The third kappa shape index (κ3) is 3.18. The molecule has 1 fully saturated rings. The van der Waals surface area contributed by atoms with Gasteiger partial charge in [-0.25, -0.2) is 0 Å². The molecule has 1 saturated heterocycles. The first-order valence-corrected chi connectivity index (χ1v) is 6.44. The summed E-state index contributed by atoms with van der Waals surface area (Å²) in [5, 5.41) is 4.40. The molecular formula is C12H16Cl2N2O. The molecular weight excluding hydrogens is 259 g/mol. The lowest BCUT2D eigenvalue weighted by Gasteiger charge is -2.29. The van der Waals surface area contributed by atoms with E-state index in [0.717, 1.165) is 25.1 Å². The Balaban J connectivity index is 2.10. The van der Waals surface area contributed by atoms with Crippen LogP contribution in [0, 0.1) is 0 Å². The van der Waals surface area contributed by atoms with Crippen molar-refractivity contribution in [2.24, 2.45) is 0 Å². The molecule has 1 aliphatic heterocycles. The van der Waals surface area contributed by atoms with Crippen LogP contribution in [0.3, 0.4) is 0 Å². The molecule has 0 bridgehead atoms. The number of nitrogen functional groups attached to an aromatic ring is 1. The van der Waals surface area contributed by atoms with Crippen molar-refractivity contribution in [2.75, 3.05) is 17.7 Å². The number of hydrogen-bond donors (Lipinski definition) is 2. The average Bonchev–Trinajstić information content (AvgIpc) is 2.26. The van der Waals surface area contributed by atoms with Gasteiger partial charge in [0.1, 0.15) is 0 Å². The number of nitrogens with one attached hydrogen (secondary N) is 1. The predicted molar refractivity (Wildman–Crippen MR) is 72.9 cm³/mol. The number of hydrogen-bond acceptors (Lipinski definition) is 3. The molecule has 5 heteroatoms. The lowest BCUT2D eigenvalue weighted by Crippen LogP contribution is -2.32. The fourth-order valence-electron chi connectivity index (χ4n) is 2.04. The van der Waals surface area contributed by atoms with Gasteiger partial charge in [-0.05, 0) is 31.9 Å². The van der Waals surface area contributed by atoms with E-state index in [1.165, 1.54) is 0 Å². The fraction of sp³-hybridized carbons (Fsp3) is 0.500. The summed E-state index contributed by atoms with van der Waals surface area (Å²) in [6.45, 7) is 2.85. The minimum absolute atomic E-state index is 0.283. The number of anilines is 2. The maximum Gasteiger partial charge on any atom is 0.0614 e. The maximum atomic E-state index is 5.98. The van der Waals surface area contributed by atoms with Crippen LogP contribution in [-0.2, 0) is 4.74 Å². The van der Waals surface area contributed by atoms with Crippen LogP contribution in [0.2, 0.25) is 10.0 Å². The molecule has 0 saturated carbocycles. The van der Waals surface area contributed by atoms with Crippen LogP contribution < -0.4 is 11.1 Å². The number of nitrogens with two attached hydrogens (primary N) is 1. The van der Waals surface area contributed by atoms with E-state index in [9.17, 15) is 0 Å². The van der Waals surface area contributed by atoms with Gasteiger partial charge >= 0.3 is 0 Å². The van der Waals surface area contributed by atoms with Crippen molar-refractivity contribution in [1.29, 1.82) is 0 Å². The summed E-state index contributed by atoms with van der Waals surface area (Å²) in [7, 11) is 0. The van der Waals surface area contributed by atoms with Crippen LogP contribution in [0.5, 0.6) is 0 Å². The average molecular weight is 275 g/mol. The number of benzene rings is 1. The maximum absolute atomic E-state index is 5.98. The lowest BCUT2D eigenvalue weighted by atomic mass is 10.0. The second-order valence-electron chi connectivity index (χ2n) is 4.40. The van der Waals surface area contributed by atoms with Crippen LogP contribution in [0.15, 0.2) is 12.1 Å². The fourth-order valence-corrected chi connectivity index (χ4v) is 2.37. The van der Waals surface area contributed by atoms with Gasteiger partial charge in [0.2, 0.25) is 0 Å². The lowest BCUT2D eigenvalue weighted by molar-refractivity contribution is 0.0232. The second kappa shape index (κ2) is 5.34. The molecule has 0 aliphatic carbocycles. The van der Waals surface area contributed by atoms with Crippen molar-refractivity contribution in [3.8, 4) is 0 Å². The zero-order valence-electron chi connectivity index (χ0n) is 9.67. The predicted octanol–water partition coefficient (Wildman–Crippen LogP) is 3.56. The van der Waals surface area contributed by atoms with Gasteiger partial charge in [0, 0.05) is 12.6 Å². The Kier molecular flexibility index (Phi) is 4.02. The standard InChI is InChI=1S/C12H16Cl2N2O/c1-7-4-8(2-3-17-7)16-12-6-10(14)9(13)5-11(12)15/h5-8,16H,2-4,15H2,1H3. The quantitative estimate of drug-likeness (QED) is 0.811.